The molecule has 3 unspecified atom stereocenters. The lowest BCUT2D eigenvalue weighted by molar-refractivity contribution is 0.0957. The van der Waals surface area contributed by atoms with Gasteiger partial charge >= 0.3 is 0 Å². The first-order chi connectivity index (χ1) is 13.9. The van der Waals surface area contributed by atoms with E-state index in [1.165, 1.54) is 6.26 Å². The van der Waals surface area contributed by atoms with Gasteiger partial charge in [0.05, 0.1) is 18.9 Å². The molecule has 1 aliphatic carbocycles. The van der Waals surface area contributed by atoms with Crippen molar-refractivity contribution in [2.45, 2.75) is 51.3 Å². The number of sulfonamides is 1. The quantitative estimate of drug-likeness (QED) is 0.663. The lowest BCUT2D eigenvalue weighted by Gasteiger charge is -2.38. The van der Waals surface area contributed by atoms with E-state index < -0.39 is 16.1 Å². The Kier molecular flexibility index (Phi) is 5.69. The molecule has 4 rings (SSSR count). The van der Waals surface area contributed by atoms with Crippen molar-refractivity contribution in [3.8, 4) is 0 Å². The smallest absolute Gasteiger partial charge is 0.211 e. The van der Waals surface area contributed by atoms with Gasteiger partial charge < -0.3 is 9.67 Å². The molecule has 156 valence electrons. The molecule has 0 spiro atoms. The van der Waals surface area contributed by atoms with Crippen LogP contribution in [0.4, 0.5) is 0 Å². The van der Waals surface area contributed by atoms with Gasteiger partial charge in [0.15, 0.2) is 0 Å². The van der Waals surface area contributed by atoms with Crippen molar-refractivity contribution in [3.05, 3.63) is 48.5 Å². The number of nitrogens with zero attached hydrogens (tertiary/aromatic N) is 2. The third-order valence-electron chi connectivity index (χ3n) is 6.33. The van der Waals surface area contributed by atoms with Gasteiger partial charge in [0.25, 0.3) is 0 Å². The molecule has 5 nitrogen and oxygen atoms in total. The van der Waals surface area contributed by atoms with Gasteiger partial charge in [0.1, 0.15) is 0 Å². The molecule has 0 bridgehead atoms. The van der Waals surface area contributed by atoms with Crippen LogP contribution < -0.4 is 0 Å². The summed E-state index contributed by atoms with van der Waals surface area (Å²) in [6.07, 6.45) is 4.60. The van der Waals surface area contributed by atoms with E-state index in [9.17, 15) is 13.5 Å². The molecule has 3 atom stereocenters. The zero-order chi connectivity index (χ0) is 20.6. The zero-order valence-corrected chi connectivity index (χ0v) is 18.0. The van der Waals surface area contributed by atoms with Crippen LogP contribution in [0.5, 0.6) is 0 Å². The van der Waals surface area contributed by atoms with E-state index in [0.717, 1.165) is 47.5 Å². The molecule has 6 heteroatoms. The van der Waals surface area contributed by atoms with Crippen LogP contribution in [0.3, 0.4) is 0 Å². The molecule has 0 amide bonds. The molecule has 1 N–H and O–H groups in total. The number of aliphatic hydroxyl groups excluding tert-OH is 1. The van der Waals surface area contributed by atoms with E-state index in [2.05, 4.69) is 35.8 Å². The third-order valence-corrected chi connectivity index (χ3v) is 7.60. The number of aliphatic hydroxyl groups is 1. The summed E-state index contributed by atoms with van der Waals surface area (Å²) < 4.78 is 28.8. The number of hydrogen-bond donors (Lipinski definition) is 1. The molecule has 0 aliphatic heterocycles. The van der Waals surface area contributed by atoms with Gasteiger partial charge in [-0.1, -0.05) is 56.2 Å². The lowest BCUT2D eigenvalue weighted by atomic mass is 9.86. The highest BCUT2D eigenvalue weighted by atomic mass is 32.2. The van der Waals surface area contributed by atoms with Crippen molar-refractivity contribution in [2.24, 2.45) is 5.92 Å². The van der Waals surface area contributed by atoms with E-state index in [4.69, 9.17) is 0 Å². The second kappa shape index (κ2) is 8.09. The van der Waals surface area contributed by atoms with Crippen molar-refractivity contribution in [3.63, 3.8) is 0 Å². The van der Waals surface area contributed by atoms with Crippen molar-refractivity contribution in [1.29, 1.82) is 0 Å². The summed E-state index contributed by atoms with van der Waals surface area (Å²) in [5.41, 5.74) is 2.12. The Morgan fingerprint density at radius 2 is 1.59 bits per heavy atom. The Hall–Kier alpha value is -1.89. The third kappa shape index (κ3) is 4.06. The predicted octanol–water partition coefficient (Wildman–Crippen LogP) is 4.00. The van der Waals surface area contributed by atoms with Gasteiger partial charge in [-0.15, -0.1) is 0 Å². The van der Waals surface area contributed by atoms with E-state index in [1.807, 2.05) is 24.3 Å². The minimum absolute atomic E-state index is 0.0217. The topological polar surface area (TPSA) is 62.5 Å². The van der Waals surface area contributed by atoms with Crippen LogP contribution in [-0.4, -0.2) is 47.3 Å². The van der Waals surface area contributed by atoms with Crippen LogP contribution >= 0.6 is 0 Å². The first-order valence-electron chi connectivity index (χ1n) is 10.5. The fraction of sp³-hybridized carbons (Fsp3) is 0.478. The van der Waals surface area contributed by atoms with Crippen molar-refractivity contribution >= 4 is 31.8 Å². The Labute approximate surface area is 173 Å². The van der Waals surface area contributed by atoms with Crippen LogP contribution in [-0.2, 0) is 16.6 Å². The number of benzene rings is 2. The summed E-state index contributed by atoms with van der Waals surface area (Å²) in [5, 5.41) is 13.3. The van der Waals surface area contributed by atoms with Crippen molar-refractivity contribution in [1.82, 2.24) is 8.87 Å². The molecule has 0 radical (unpaired) electrons. The minimum atomic E-state index is -3.39. The Morgan fingerprint density at radius 3 is 2.14 bits per heavy atom. The molecule has 3 aromatic rings. The monoisotopic (exact) mass is 414 g/mol. The molecule has 1 fully saturated rings. The first-order valence-corrected chi connectivity index (χ1v) is 12.3. The van der Waals surface area contributed by atoms with Gasteiger partial charge in [-0.3, -0.25) is 0 Å². The number of para-hydroxylation sites is 2. The Bertz CT molecular complexity index is 1050. The summed E-state index contributed by atoms with van der Waals surface area (Å²) in [6, 6.07) is 16.3. The first kappa shape index (κ1) is 20.4. The summed E-state index contributed by atoms with van der Waals surface area (Å²) in [6.45, 7) is 2.62. The molecule has 1 aromatic heterocycles. The molecule has 29 heavy (non-hydrogen) atoms. The maximum absolute atomic E-state index is 12.5. The van der Waals surface area contributed by atoms with Gasteiger partial charge in [-0.05, 0) is 30.9 Å². The highest BCUT2D eigenvalue weighted by Gasteiger charge is 2.34. The average molecular weight is 415 g/mol. The molecule has 0 saturated heterocycles. The van der Waals surface area contributed by atoms with E-state index in [-0.39, 0.29) is 12.6 Å². The summed E-state index contributed by atoms with van der Waals surface area (Å²) in [7, 11) is -3.39. The number of rotatable bonds is 6. The van der Waals surface area contributed by atoms with Gasteiger partial charge in [-0.25, -0.2) is 8.42 Å². The second-order valence-electron chi connectivity index (χ2n) is 8.46. The molecule has 1 heterocycles. The lowest BCUT2D eigenvalue weighted by Crippen LogP contribution is -2.48. The van der Waals surface area contributed by atoms with Crippen LogP contribution in [0.25, 0.3) is 21.8 Å². The maximum Gasteiger partial charge on any atom is 0.211 e. The minimum Gasteiger partial charge on any atom is -0.390 e. The van der Waals surface area contributed by atoms with Crippen LogP contribution in [0, 0.1) is 5.92 Å². The highest BCUT2D eigenvalue weighted by Crippen LogP contribution is 2.31. The van der Waals surface area contributed by atoms with E-state index >= 15 is 0 Å². The second-order valence-corrected chi connectivity index (χ2v) is 10.4. The molecular formula is C23H30N2O3S. The standard InChI is InChI=1S/C23H30N2O3S/c1-17-9-3-6-12-21(17)25(29(2,27)28)16-18(26)15-24-22-13-7-4-10-19(22)20-11-5-8-14-23(20)24/h4-5,7-8,10-11,13-14,17-18,21,26H,3,6,9,12,15-16H2,1-2H3. The van der Waals surface area contributed by atoms with Gasteiger partial charge in [0.2, 0.25) is 10.0 Å². The SMILES string of the molecule is CC1CCCCC1N(CC(O)Cn1c2ccccc2c2ccccc21)S(C)(=O)=O. The summed E-state index contributed by atoms with van der Waals surface area (Å²) in [4.78, 5) is 0. The van der Waals surface area contributed by atoms with Crippen LogP contribution in [0.1, 0.15) is 32.6 Å². The zero-order valence-electron chi connectivity index (χ0n) is 17.2. The highest BCUT2D eigenvalue weighted by molar-refractivity contribution is 7.88. The normalized spacial score (nSPS) is 21.8. The Balaban J connectivity index is 1.64. The van der Waals surface area contributed by atoms with E-state index in [1.54, 1.807) is 4.31 Å². The average Bonchev–Trinajstić information content (AvgIpc) is 3.00. The Morgan fingerprint density at radius 1 is 1.03 bits per heavy atom. The van der Waals surface area contributed by atoms with Crippen molar-refractivity contribution < 1.29 is 13.5 Å². The largest absolute Gasteiger partial charge is 0.390 e. The fourth-order valence-electron chi connectivity index (χ4n) is 4.92. The maximum atomic E-state index is 12.5. The van der Waals surface area contributed by atoms with Crippen molar-refractivity contribution in [2.75, 3.05) is 12.8 Å². The molecule has 1 saturated carbocycles. The molecule has 2 aromatic carbocycles. The molecule has 1 aliphatic rings. The van der Waals surface area contributed by atoms with Gasteiger partial charge in [-0.2, -0.15) is 4.31 Å². The summed E-state index contributed by atoms with van der Waals surface area (Å²) in [5.74, 6) is 0.318. The molecular weight excluding hydrogens is 384 g/mol. The van der Waals surface area contributed by atoms with E-state index in [0.29, 0.717) is 12.5 Å². The number of fused-ring (bicyclic) bond motifs is 3. The predicted molar refractivity (Wildman–Crippen MR) is 118 cm³/mol. The van der Waals surface area contributed by atoms with Crippen LogP contribution in [0.15, 0.2) is 48.5 Å². The number of hydrogen-bond acceptors (Lipinski definition) is 3. The van der Waals surface area contributed by atoms with Gasteiger partial charge in [0, 0.05) is 34.4 Å². The number of aromatic nitrogens is 1. The van der Waals surface area contributed by atoms with Crippen LogP contribution in [0.2, 0.25) is 0 Å². The fourth-order valence-corrected chi connectivity index (χ4v) is 6.17. The summed E-state index contributed by atoms with van der Waals surface area (Å²) >= 11 is 0.